The highest BCUT2D eigenvalue weighted by Gasteiger charge is 2.20. The van der Waals surface area contributed by atoms with Gasteiger partial charge in [-0.15, -0.1) is 0 Å². The molecule has 0 amide bonds. The molecule has 2 rings (SSSR count). The van der Waals surface area contributed by atoms with Gasteiger partial charge in [0.2, 0.25) is 0 Å². The predicted molar refractivity (Wildman–Crippen MR) is 64.9 cm³/mol. The van der Waals surface area contributed by atoms with Crippen molar-refractivity contribution < 1.29 is 4.74 Å². The molecule has 0 unspecified atom stereocenters. The molecule has 1 aliphatic heterocycles. The zero-order valence-corrected chi connectivity index (χ0v) is 9.65. The minimum absolute atomic E-state index is 0.446. The predicted octanol–water partition coefficient (Wildman–Crippen LogP) is 2.12. The summed E-state index contributed by atoms with van der Waals surface area (Å²) in [7, 11) is 2.01. The van der Waals surface area contributed by atoms with E-state index >= 15 is 0 Å². The van der Waals surface area contributed by atoms with Gasteiger partial charge in [0.25, 0.3) is 0 Å². The molecule has 3 nitrogen and oxygen atoms in total. The molecule has 3 heteroatoms. The highest BCUT2D eigenvalue weighted by molar-refractivity contribution is 5.96. The van der Waals surface area contributed by atoms with Crippen molar-refractivity contribution in [3.63, 3.8) is 0 Å². The average Bonchev–Trinajstić information content (AvgIpc) is 2.39. The van der Waals surface area contributed by atoms with E-state index in [0.717, 1.165) is 31.6 Å². The lowest BCUT2D eigenvalue weighted by Gasteiger charge is -2.33. The summed E-state index contributed by atoms with van der Waals surface area (Å²) in [4.78, 5) is 2.07. The summed E-state index contributed by atoms with van der Waals surface area (Å²) >= 11 is 0. The Kier molecular flexibility index (Phi) is 3.57. The number of ether oxygens (including phenoxy) is 1. The summed E-state index contributed by atoms with van der Waals surface area (Å²) in [6.45, 7) is 1.63. The second-order valence-electron chi connectivity index (χ2n) is 4.17. The molecule has 1 saturated heterocycles. The van der Waals surface area contributed by atoms with Crippen LogP contribution in [0.4, 0.5) is 0 Å². The van der Waals surface area contributed by atoms with E-state index in [-0.39, 0.29) is 0 Å². The molecule has 16 heavy (non-hydrogen) atoms. The van der Waals surface area contributed by atoms with Crippen molar-refractivity contribution >= 4 is 5.84 Å². The Hall–Kier alpha value is -1.35. The molecular formula is C13H18N2O. The molecule has 1 heterocycles. The maximum atomic E-state index is 8.16. The first-order valence-electron chi connectivity index (χ1n) is 5.73. The zero-order chi connectivity index (χ0) is 11.4. The number of hydrogen-bond donors (Lipinski definition) is 1. The lowest BCUT2D eigenvalue weighted by atomic mass is 10.1. The number of amidine groups is 1. The van der Waals surface area contributed by atoms with E-state index in [1.807, 2.05) is 37.4 Å². The third-order valence-electron chi connectivity index (χ3n) is 3.14. The fourth-order valence-corrected chi connectivity index (χ4v) is 2.05. The molecule has 0 atom stereocenters. The van der Waals surface area contributed by atoms with Crippen molar-refractivity contribution in [3.05, 3.63) is 35.9 Å². The van der Waals surface area contributed by atoms with Gasteiger partial charge in [-0.3, -0.25) is 5.41 Å². The quantitative estimate of drug-likeness (QED) is 0.609. The molecule has 1 aromatic carbocycles. The van der Waals surface area contributed by atoms with Crippen LogP contribution in [0.2, 0.25) is 0 Å². The Labute approximate surface area is 96.5 Å². The summed E-state index contributed by atoms with van der Waals surface area (Å²) in [6.07, 6.45) is 2.04. The van der Waals surface area contributed by atoms with Crippen molar-refractivity contribution in [1.29, 1.82) is 5.41 Å². The average molecular weight is 218 g/mol. The van der Waals surface area contributed by atoms with Crippen molar-refractivity contribution in [1.82, 2.24) is 4.90 Å². The maximum Gasteiger partial charge on any atom is 0.128 e. The standard InChI is InChI=1S/C13H18N2O/c1-15(12-7-9-16-10-8-12)13(14)11-5-3-2-4-6-11/h2-6,12,14H,7-10H2,1H3. The largest absolute Gasteiger partial charge is 0.381 e. The second-order valence-corrected chi connectivity index (χ2v) is 4.17. The van der Waals surface area contributed by atoms with Crippen LogP contribution >= 0.6 is 0 Å². The Morgan fingerprint density at radius 3 is 2.50 bits per heavy atom. The number of rotatable bonds is 2. The number of nitrogens with one attached hydrogen (secondary N) is 1. The minimum atomic E-state index is 0.446. The molecule has 0 radical (unpaired) electrons. The van der Waals surface area contributed by atoms with E-state index in [1.54, 1.807) is 0 Å². The molecule has 1 aliphatic rings. The molecule has 0 aliphatic carbocycles. The Morgan fingerprint density at radius 1 is 1.25 bits per heavy atom. The van der Waals surface area contributed by atoms with Crippen LogP contribution in [-0.2, 0) is 4.74 Å². The van der Waals surface area contributed by atoms with Crippen molar-refractivity contribution in [2.24, 2.45) is 0 Å². The monoisotopic (exact) mass is 218 g/mol. The molecule has 1 fully saturated rings. The summed E-state index contributed by atoms with van der Waals surface area (Å²) < 4.78 is 5.34. The fourth-order valence-electron chi connectivity index (χ4n) is 2.05. The summed E-state index contributed by atoms with van der Waals surface area (Å²) in [5, 5.41) is 8.16. The van der Waals surface area contributed by atoms with Crippen molar-refractivity contribution in [2.45, 2.75) is 18.9 Å². The molecule has 1 aromatic rings. The van der Waals surface area contributed by atoms with Crippen LogP contribution in [-0.4, -0.2) is 37.0 Å². The van der Waals surface area contributed by atoms with Crippen LogP contribution in [0, 0.1) is 5.41 Å². The van der Waals surface area contributed by atoms with Crippen LogP contribution in [0.15, 0.2) is 30.3 Å². The van der Waals surface area contributed by atoms with Crippen molar-refractivity contribution in [2.75, 3.05) is 20.3 Å². The van der Waals surface area contributed by atoms with Gasteiger partial charge in [0.1, 0.15) is 5.84 Å². The first kappa shape index (κ1) is 11.1. The van der Waals surface area contributed by atoms with E-state index in [2.05, 4.69) is 4.90 Å². The normalized spacial score (nSPS) is 17.1. The van der Waals surface area contributed by atoms with E-state index in [0.29, 0.717) is 11.9 Å². The molecule has 86 valence electrons. The SMILES string of the molecule is CN(C(=N)c1ccccc1)C1CCOCC1. The fraction of sp³-hybridized carbons (Fsp3) is 0.462. The van der Waals surface area contributed by atoms with Crippen LogP contribution in [0.3, 0.4) is 0 Å². The van der Waals surface area contributed by atoms with E-state index in [4.69, 9.17) is 10.1 Å². The van der Waals surface area contributed by atoms with E-state index < -0.39 is 0 Å². The first-order chi connectivity index (χ1) is 7.79. The minimum Gasteiger partial charge on any atom is -0.381 e. The van der Waals surface area contributed by atoms with Gasteiger partial charge in [-0.1, -0.05) is 30.3 Å². The van der Waals surface area contributed by atoms with Gasteiger partial charge in [-0.2, -0.15) is 0 Å². The lowest BCUT2D eigenvalue weighted by molar-refractivity contribution is 0.0605. The van der Waals surface area contributed by atoms with Crippen LogP contribution < -0.4 is 0 Å². The highest BCUT2D eigenvalue weighted by atomic mass is 16.5. The molecule has 0 aromatic heterocycles. The third-order valence-corrected chi connectivity index (χ3v) is 3.14. The Balaban J connectivity index is 2.04. The maximum absolute atomic E-state index is 8.16. The number of nitrogens with zero attached hydrogens (tertiary/aromatic N) is 1. The topological polar surface area (TPSA) is 36.3 Å². The van der Waals surface area contributed by atoms with Gasteiger partial charge >= 0.3 is 0 Å². The Bertz CT molecular complexity index is 344. The van der Waals surface area contributed by atoms with Gasteiger partial charge in [0.15, 0.2) is 0 Å². The molecule has 0 spiro atoms. The van der Waals surface area contributed by atoms with Gasteiger partial charge in [0, 0.05) is 31.9 Å². The van der Waals surface area contributed by atoms with Crippen LogP contribution in [0.1, 0.15) is 18.4 Å². The highest BCUT2D eigenvalue weighted by Crippen LogP contribution is 2.15. The van der Waals surface area contributed by atoms with Crippen molar-refractivity contribution in [3.8, 4) is 0 Å². The summed E-state index contributed by atoms with van der Waals surface area (Å²) in [6, 6.07) is 10.3. The van der Waals surface area contributed by atoms with Gasteiger partial charge < -0.3 is 9.64 Å². The zero-order valence-electron chi connectivity index (χ0n) is 9.65. The van der Waals surface area contributed by atoms with E-state index in [1.165, 1.54) is 0 Å². The van der Waals surface area contributed by atoms with Gasteiger partial charge in [-0.25, -0.2) is 0 Å². The summed E-state index contributed by atoms with van der Waals surface area (Å²) in [5.41, 5.74) is 0.983. The number of benzene rings is 1. The second kappa shape index (κ2) is 5.12. The van der Waals surface area contributed by atoms with Gasteiger partial charge in [0.05, 0.1) is 0 Å². The van der Waals surface area contributed by atoms with E-state index in [9.17, 15) is 0 Å². The van der Waals surface area contributed by atoms with Crippen LogP contribution in [0.25, 0.3) is 0 Å². The molecule has 1 N–H and O–H groups in total. The summed E-state index contributed by atoms with van der Waals surface area (Å²) in [5.74, 6) is 0.604. The first-order valence-corrected chi connectivity index (χ1v) is 5.73. The van der Waals surface area contributed by atoms with Crippen LogP contribution in [0.5, 0.6) is 0 Å². The number of hydrogen-bond acceptors (Lipinski definition) is 2. The molecular weight excluding hydrogens is 200 g/mol. The Morgan fingerprint density at radius 2 is 1.88 bits per heavy atom. The third kappa shape index (κ3) is 2.42. The molecule has 0 saturated carbocycles. The lowest BCUT2D eigenvalue weighted by Crippen LogP contribution is -2.40. The smallest absolute Gasteiger partial charge is 0.128 e. The molecule has 0 bridgehead atoms. The van der Waals surface area contributed by atoms with Gasteiger partial charge in [-0.05, 0) is 12.8 Å².